The fraction of sp³-hybridized carbons (Fsp3) is 0.625. The van der Waals surface area contributed by atoms with Crippen LogP contribution in [-0.4, -0.2) is 63.1 Å². The zero-order valence-corrected chi connectivity index (χ0v) is 15.2. The Kier molecular flexibility index (Phi) is 4.67. The van der Waals surface area contributed by atoms with Crippen molar-refractivity contribution in [1.29, 1.82) is 0 Å². The summed E-state index contributed by atoms with van der Waals surface area (Å²) in [5, 5.41) is 11.6. The topological polar surface area (TPSA) is 90.0 Å². The number of amides is 1. The van der Waals surface area contributed by atoms with Crippen LogP contribution in [0, 0.1) is 0 Å². The minimum Gasteiger partial charge on any atom is -0.345 e. The summed E-state index contributed by atoms with van der Waals surface area (Å²) in [6, 6.07) is 0. The van der Waals surface area contributed by atoms with Crippen LogP contribution in [0.25, 0.3) is 0 Å². The molecule has 2 aliphatic heterocycles. The Labute approximate surface area is 150 Å². The standard InChI is InChI=1S/C16H23N7OS/c1-2-13-18-16(25-21-13)23-7-3-6-22(8-9-23)15(24)14-11-10-17-5-4-12(11)19-20-14/h17H,2-10H2,1H3,(H,19,20). The van der Waals surface area contributed by atoms with Gasteiger partial charge in [-0.1, -0.05) is 6.92 Å². The highest BCUT2D eigenvalue weighted by Crippen LogP contribution is 2.21. The quantitative estimate of drug-likeness (QED) is 0.841. The van der Waals surface area contributed by atoms with E-state index < -0.39 is 0 Å². The number of aromatic nitrogens is 4. The van der Waals surface area contributed by atoms with Gasteiger partial charge in [-0.2, -0.15) is 9.47 Å². The summed E-state index contributed by atoms with van der Waals surface area (Å²) in [4.78, 5) is 21.7. The average molecular weight is 361 g/mol. The Morgan fingerprint density at radius 3 is 3.04 bits per heavy atom. The van der Waals surface area contributed by atoms with Gasteiger partial charge in [-0.3, -0.25) is 9.89 Å². The Hall–Kier alpha value is -2.00. The molecule has 2 N–H and O–H groups in total. The maximum absolute atomic E-state index is 13.0. The number of carbonyl (C=O) groups excluding carboxylic acids is 1. The highest BCUT2D eigenvalue weighted by Gasteiger charge is 2.27. The van der Waals surface area contributed by atoms with Crippen molar-refractivity contribution in [2.24, 2.45) is 0 Å². The first kappa shape index (κ1) is 16.5. The number of aryl methyl sites for hydroxylation is 1. The van der Waals surface area contributed by atoms with Gasteiger partial charge in [-0.15, -0.1) is 0 Å². The van der Waals surface area contributed by atoms with Crippen LogP contribution in [0.1, 0.15) is 40.9 Å². The molecule has 2 aliphatic rings. The molecule has 9 heteroatoms. The molecule has 4 heterocycles. The van der Waals surface area contributed by atoms with Gasteiger partial charge in [-0.25, -0.2) is 4.98 Å². The summed E-state index contributed by atoms with van der Waals surface area (Å²) in [6.45, 7) is 6.85. The smallest absolute Gasteiger partial charge is 0.274 e. The fourth-order valence-corrected chi connectivity index (χ4v) is 4.18. The van der Waals surface area contributed by atoms with E-state index in [0.29, 0.717) is 12.2 Å². The van der Waals surface area contributed by atoms with E-state index in [4.69, 9.17) is 0 Å². The van der Waals surface area contributed by atoms with Gasteiger partial charge in [0.1, 0.15) is 5.82 Å². The number of carbonyl (C=O) groups is 1. The zero-order chi connectivity index (χ0) is 17.2. The lowest BCUT2D eigenvalue weighted by Gasteiger charge is -2.21. The fourth-order valence-electron chi connectivity index (χ4n) is 3.38. The molecule has 1 fully saturated rings. The van der Waals surface area contributed by atoms with Crippen LogP contribution < -0.4 is 10.2 Å². The summed E-state index contributed by atoms with van der Waals surface area (Å²) in [5.41, 5.74) is 2.72. The minimum atomic E-state index is 0.0366. The molecular formula is C16H23N7OS. The Balaban J connectivity index is 1.45. The second-order valence-electron chi connectivity index (χ2n) is 6.44. The van der Waals surface area contributed by atoms with Gasteiger partial charge in [-0.05, 0) is 6.42 Å². The van der Waals surface area contributed by atoms with E-state index in [1.807, 2.05) is 4.90 Å². The van der Waals surface area contributed by atoms with Crippen molar-refractivity contribution in [2.75, 3.05) is 37.6 Å². The number of nitrogens with one attached hydrogen (secondary N) is 2. The number of nitrogens with zero attached hydrogens (tertiary/aromatic N) is 5. The molecule has 0 bridgehead atoms. The number of anilines is 1. The maximum atomic E-state index is 13.0. The summed E-state index contributed by atoms with van der Waals surface area (Å²) in [7, 11) is 0. The third-order valence-electron chi connectivity index (χ3n) is 4.84. The molecule has 8 nitrogen and oxygen atoms in total. The van der Waals surface area contributed by atoms with E-state index in [1.165, 1.54) is 11.5 Å². The molecule has 0 unspecified atom stereocenters. The van der Waals surface area contributed by atoms with Crippen LogP contribution in [0.5, 0.6) is 0 Å². The van der Waals surface area contributed by atoms with E-state index in [2.05, 4.69) is 36.7 Å². The van der Waals surface area contributed by atoms with Crippen molar-refractivity contribution >= 4 is 22.6 Å². The molecule has 0 atom stereocenters. The second-order valence-corrected chi connectivity index (χ2v) is 7.17. The highest BCUT2D eigenvalue weighted by molar-refractivity contribution is 7.09. The van der Waals surface area contributed by atoms with Crippen molar-refractivity contribution in [3.05, 3.63) is 22.8 Å². The molecule has 1 saturated heterocycles. The molecule has 0 spiro atoms. The molecule has 2 aromatic rings. The maximum Gasteiger partial charge on any atom is 0.274 e. The minimum absolute atomic E-state index is 0.0366. The number of H-pyrrole nitrogens is 1. The van der Waals surface area contributed by atoms with Crippen LogP contribution in [0.2, 0.25) is 0 Å². The zero-order valence-electron chi connectivity index (χ0n) is 14.4. The van der Waals surface area contributed by atoms with Gasteiger partial charge in [0.15, 0.2) is 5.69 Å². The van der Waals surface area contributed by atoms with Crippen molar-refractivity contribution in [2.45, 2.75) is 32.7 Å². The van der Waals surface area contributed by atoms with Crippen molar-refractivity contribution in [1.82, 2.24) is 29.8 Å². The average Bonchev–Trinajstić information content (AvgIpc) is 3.22. The summed E-state index contributed by atoms with van der Waals surface area (Å²) >= 11 is 1.45. The molecule has 0 aliphatic carbocycles. The van der Waals surface area contributed by atoms with Crippen molar-refractivity contribution < 1.29 is 4.79 Å². The number of fused-ring (bicyclic) bond motifs is 1. The third-order valence-corrected chi connectivity index (χ3v) is 5.65. The van der Waals surface area contributed by atoms with Crippen LogP contribution in [-0.2, 0) is 19.4 Å². The van der Waals surface area contributed by atoms with E-state index in [0.717, 1.165) is 74.2 Å². The molecule has 0 radical (unpaired) electrons. The lowest BCUT2D eigenvalue weighted by molar-refractivity contribution is 0.0759. The number of hydrogen-bond donors (Lipinski definition) is 2. The molecule has 4 rings (SSSR count). The van der Waals surface area contributed by atoms with Crippen LogP contribution >= 0.6 is 11.5 Å². The predicted octanol–water partition coefficient (Wildman–Crippen LogP) is 0.822. The largest absolute Gasteiger partial charge is 0.345 e. The van der Waals surface area contributed by atoms with Crippen molar-refractivity contribution in [3.8, 4) is 0 Å². The first-order valence-electron chi connectivity index (χ1n) is 8.90. The first-order valence-corrected chi connectivity index (χ1v) is 9.67. The normalized spacial score (nSPS) is 18.1. The first-order chi connectivity index (χ1) is 12.3. The lowest BCUT2D eigenvalue weighted by Crippen LogP contribution is -2.36. The van der Waals surface area contributed by atoms with Gasteiger partial charge in [0.2, 0.25) is 5.13 Å². The SMILES string of the molecule is CCc1nsc(N2CCCN(C(=O)c3n[nH]c4c3CNCC4)CC2)n1. The summed E-state index contributed by atoms with van der Waals surface area (Å²) in [6.07, 6.45) is 2.69. The lowest BCUT2D eigenvalue weighted by atomic mass is 10.1. The van der Waals surface area contributed by atoms with E-state index in [9.17, 15) is 4.79 Å². The molecule has 25 heavy (non-hydrogen) atoms. The predicted molar refractivity (Wildman–Crippen MR) is 96.0 cm³/mol. The van der Waals surface area contributed by atoms with E-state index in [1.54, 1.807) is 0 Å². The molecule has 134 valence electrons. The highest BCUT2D eigenvalue weighted by atomic mass is 32.1. The van der Waals surface area contributed by atoms with E-state index >= 15 is 0 Å². The van der Waals surface area contributed by atoms with Gasteiger partial charge in [0.25, 0.3) is 5.91 Å². The summed E-state index contributed by atoms with van der Waals surface area (Å²) in [5.74, 6) is 0.933. The molecular weight excluding hydrogens is 338 g/mol. The Bertz CT molecular complexity index is 756. The number of aromatic amines is 1. The van der Waals surface area contributed by atoms with Crippen LogP contribution in [0.3, 0.4) is 0 Å². The molecule has 2 aromatic heterocycles. The van der Waals surface area contributed by atoms with Crippen LogP contribution in [0.4, 0.5) is 5.13 Å². The summed E-state index contributed by atoms with van der Waals surface area (Å²) < 4.78 is 4.37. The van der Waals surface area contributed by atoms with Gasteiger partial charge >= 0.3 is 0 Å². The van der Waals surface area contributed by atoms with Gasteiger partial charge in [0.05, 0.1) is 0 Å². The van der Waals surface area contributed by atoms with Crippen LogP contribution in [0.15, 0.2) is 0 Å². The third kappa shape index (κ3) is 3.25. The number of rotatable bonds is 3. The van der Waals surface area contributed by atoms with E-state index in [-0.39, 0.29) is 5.91 Å². The van der Waals surface area contributed by atoms with Crippen molar-refractivity contribution in [3.63, 3.8) is 0 Å². The molecule has 0 saturated carbocycles. The number of hydrogen-bond acceptors (Lipinski definition) is 7. The molecule has 1 amide bonds. The Morgan fingerprint density at radius 1 is 1.28 bits per heavy atom. The second kappa shape index (κ2) is 7.09. The van der Waals surface area contributed by atoms with Gasteiger partial charge in [0, 0.05) is 74.9 Å². The molecule has 0 aromatic carbocycles. The Morgan fingerprint density at radius 2 is 2.20 bits per heavy atom. The van der Waals surface area contributed by atoms with Gasteiger partial charge < -0.3 is 15.1 Å². The monoisotopic (exact) mass is 361 g/mol.